The second kappa shape index (κ2) is 3.78. The third kappa shape index (κ3) is 1.74. The fourth-order valence-electron chi connectivity index (χ4n) is 1.78. The fraction of sp³-hybridized carbons (Fsp3) is 0. The number of nitrogens with one attached hydrogen (secondary N) is 2. The largest absolute Gasteiger partial charge is 0.361 e. The lowest BCUT2D eigenvalue weighted by Crippen LogP contribution is -2.17. The zero-order valence-electron chi connectivity index (χ0n) is 8.69. The van der Waals surface area contributed by atoms with Crippen LogP contribution in [-0.2, 0) is 4.79 Å². The summed E-state index contributed by atoms with van der Waals surface area (Å²) in [6.45, 7) is 0. The van der Waals surface area contributed by atoms with Crippen LogP contribution in [0, 0.1) is 0 Å². The summed E-state index contributed by atoms with van der Waals surface area (Å²) in [5.74, 6) is -0.328. The van der Waals surface area contributed by atoms with E-state index in [1.807, 2.05) is 30.5 Å². The number of thioether (sulfide) groups is 1. The number of benzene rings is 1. The average Bonchev–Trinajstić information content (AvgIpc) is 2.85. The Hall–Kier alpha value is -2.01. The number of aromatic nitrogens is 1. The van der Waals surface area contributed by atoms with Gasteiger partial charge in [0.2, 0.25) is 0 Å². The van der Waals surface area contributed by atoms with Gasteiger partial charge in [0.15, 0.2) is 0 Å². The smallest absolute Gasteiger partial charge is 0.290 e. The maximum absolute atomic E-state index is 11.4. The van der Waals surface area contributed by atoms with Crippen molar-refractivity contribution < 1.29 is 9.59 Å². The molecule has 17 heavy (non-hydrogen) atoms. The molecule has 0 spiro atoms. The summed E-state index contributed by atoms with van der Waals surface area (Å²) in [4.78, 5) is 26.0. The SMILES string of the molecule is O=C1NC(=O)/C(=C\c2c[nH]c3ccccc23)S1. The van der Waals surface area contributed by atoms with Crippen LogP contribution < -0.4 is 5.32 Å². The molecule has 0 radical (unpaired) electrons. The van der Waals surface area contributed by atoms with Crippen molar-refractivity contribution in [1.82, 2.24) is 10.3 Å². The maximum atomic E-state index is 11.4. The molecule has 1 fully saturated rings. The molecule has 2 amide bonds. The van der Waals surface area contributed by atoms with Gasteiger partial charge in [-0.2, -0.15) is 0 Å². The van der Waals surface area contributed by atoms with Gasteiger partial charge in [-0.15, -0.1) is 0 Å². The molecule has 0 unspecified atom stereocenters. The van der Waals surface area contributed by atoms with E-state index in [1.54, 1.807) is 6.08 Å². The Morgan fingerprint density at radius 1 is 1.18 bits per heavy atom. The minimum absolute atomic E-state index is 0.318. The van der Waals surface area contributed by atoms with Crippen LogP contribution in [-0.4, -0.2) is 16.1 Å². The first kappa shape index (κ1) is 10.2. The van der Waals surface area contributed by atoms with Gasteiger partial charge >= 0.3 is 0 Å². The standard InChI is InChI=1S/C12H8N2O2S/c15-11-10(17-12(16)14-11)5-7-6-13-9-4-2-1-3-8(7)9/h1-6,13H,(H,14,15,16)/b10-5+. The first-order valence-electron chi connectivity index (χ1n) is 5.05. The first-order valence-corrected chi connectivity index (χ1v) is 5.87. The van der Waals surface area contributed by atoms with E-state index in [0.717, 1.165) is 28.2 Å². The molecular formula is C12H8N2O2S. The fourth-order valence-corrected chi connectivity index (χ4v) is 2.45. The molecule has 1 aliphatic rings. The van der Waals surface area contributed by atoms with E-state index in [9.17, 15) is 9.59 Å². The molecule has 2 heterocycles. The van der Waals surface area contributed by atoms with Crippen LogP contribution >= 0.6 is 11.8 Å². The van der Waals surface area contributed by atoms with Crippen molar-refractivity contribution in [1.29, 1.82) is 0 Å². The van der Waals surface area contributed by atoms with Crippen molar-refractivity contribution in [3.05, 3.63) is 40.9 Å². The Balaban J connectivity index is 2.08. The molecule has 0 atom stereocenters. The second-order valence-electron chi connectivity index (χ2n) is 3.64. The summed E-state index contributed by atoms with van der Waals surface area (Å²) in [6, 6.07) is 7.81. The highest BCUT2D eigenvalue weighted by Crippen LogP contribution is 2.28. The summed E-state index contributed by atoms with van der Waals surface area (Å²) in [5.41, 5.74) is 1.92. The van der Waals surface area contributed by atoms with E-state index in [-0.39, 0.29) is 11.1 Å². The van der Waals surface area contributed by atoms with Gasteiger partial charge in [0.05, 0.1) is 4.91 Å². The van der Waals surface area contributed by atoms with Crippen molar-refractivity contribution in [2.45, 2.75) is 0 Å². The van der Waals surface area contributed by atoms with Gasteiger partial charge in [-0.05, 0) is 23.9 Å². The molecule has 84 valence electrons. The predicted molar refractivity (Wildman–Crippen MR) is 67.4 cm³/mol. The Morgan fingerprint density at radius 3 is 2.76 bits per heavy atom. The van der Waals surface area contributed by atoms with Crippen LogP contribution in [0.5, 0.6) is 0 Å². The number of carbonyl (C=O) groups is 2. The molecule has 1 aromatic heterocycles. The van der Waals surface area contributed by atoms with Crippen LogP contribution in [0.1, 0.15) is 5.56 Å². The molecule has 3 rings (SSSR count). The summed E-state index contributed by atoms with van der Waals surface area (Å²) in [6.07, 6.45) is 3.55. The lowest BCUT2D eigenvalue weighted by Gasteiger charge is -1.92. The van der Waals surface area contributed by atoms with Gasteiger partial charge in [-0.3, -0.25) is 14.9 Å². The van der Waals surface area contributed by atoms with Crippen molar-refractivity contribution in [3.63, 3.8) is 0 Å². The molecule has 0 aliphatic carbocycles. The van der Waals surface area contributed by atoms with Crippen LogP contribution in [0.2, 0.25) is 0 Å². The van der Waals surface area contributed by atoms with E-state index in [0.29, 0.717) is 4.91 Å². The highest BCUT2D eigenvalue weighted by Gasteiger charge is 2.25. The summed E-state index contributed by atoms with van der Waals surface area (Å²) in [5, 5.41) is 2.95. The zero-order chi connectivity index (χ0) is 11.8. The second-order valence-corrected chi connectivity index (χ2v) is 4.66. The normalized spacial score (nSPS) is 18.0. The molecular weight excluding hydrogens is 236 g/mol. The third-order valence-electron chi connectivity index (χ3n) is 2.55. The molecule has 2 N–H and O–H groups in total. The summed E-state index contributed by atoms with van der Waals surface area (Å²) in [7, 11) is 0. The van der Waals surface area contributed by atoms with Gasteiger partial charge in [-0.1, -0.05) is 18.2 Å². The number of hydrogen-bond donors (Lipinski definition) is 2. The molecule has 4 nitrogen and oxygen atoms in total. The predicted octanol–water partition coefficient (Wildman–Crippen LogP) is 2.49. The number of para-hydroxylation sites is 1. The van der Waals surface area contributed by atoms with E-state index in [1.165, 1.54) is 0 Å². The topological polar surface area (TPSA) is 62.0 Å². The summed E-state index contributed by atoms with van der Waals surface area (Å²) >= 11 is 0.928. The van der Waals surface area contributed by atoms with E-state index in [4.69, 9.17) is 0 Å². The van der Waals surface area contributed by atoms with Gasteiger partial charge in [0, 0.05) is 22.7 Å². The van der Waals surface area contributed by atoms with Crippen LogP contribution in [0.15, 0.2) is 35.4 Å². The van der Waals surface area contributed by atoms with Crippen LogP contribution in [0.3, 0.4) is 0 Å². The minimum atomic E-state index is -0.328. The number of rotatable bonds is 1. The monoisotopic (exact) mass is 244 g/mol. The Morgan fingerprint density at radius 2 is 2.00 bits per heavy atom. The molecule has 0 bridgehead atoms. The van der Waals surface area contributed by atoms with Gasteiger partial charge < -0.3 is 4.98 Å². The average molecular weight is 244 g/mol. The highest BCUT2D eigenvalue weighted by molar-refractivity contribution is 8.18. The molecule has 5 heteroatoms. The molecule has 0 saturated carbocycles. The van der Waals surface area contributed by atoms with Gasteiger partial charge in [0.25, 0.3) is 11.1 Å². The third-order valence-corrected chi connectivity index (χ3v) is 3.36. The Kier molecular flexibility index (Phi) is 2.26. The molecule has 1 saturated heterocycles. The van der Waals surface area contributed by atoms with Crippen LogP contribution in [0.4, 0.5) is 4.79 Å². The van der Waals surface area contributed by atoms with E-state index in [2.05, 4.69) is 10.3 Å². The van der Waals surface area contributed by atoms with E-state index >= 15 is 0 Å². The van der Waals surface area contributed by atoms with Crippen molar-refractivity contribution in [2.24, 2.45) is 0 Å². The van der Waals surface area contributed by atoms with Crippen molar-refractivity contribution in [3.8, 4) is 0 Å². The lowest BCUT2D eigenvalue weighted by atomic mass is 10.1. The number of fused-ring (bicyclic) bond motifs is 1. The minimum Gasteiger partial charge on any atom is -0.361 e. The van der Waals surface area contributed by atoms with Crippen molar-refractivity contribution in [2.75, 3.05) is 0 Å². The zero-order valence-corrected chi connectivity index (χ0v) is 9.51. The Bertz CT molecular complexity index is 657. The summed E-state index contributed by atoms with van der Waals surface area (Å²) < 4.78 is 0. The van der Waals surface area contributed by atoms with E-state index < -0.39 is 0 Å². The van der Waals surface area contributed by atoms with Gasteiger partial charge in [0.1, 0.15) is 0 Å². The van der Waals surface area contributed by atoms with Gasteiger partial charge in [-0.25, -0.2) is 0 Å². The number of amides is 2. The Labute approximate surface area is 101 Å². The first-order chi connectivity index (χ1) is 8.24. The molecule has 2 aromatic rings. The van der Waals surface area contributed by atoms with Crippen LogP contribution in [0.25, 0.3) is 17.0 Å². The quantitative estimate of drug-likeness (QED) is 0.757. The number of H-pyrrole nitrogens is 1. The maximum Gasteiger partial charge on any atom is 0.290 e. The number of carbonyl (C=O) groups excluding carboxylic acids is 2. The number of imide groups is 1. The molecule has 1 aromatic carbocycles. The molecule has 1 aliphatic heterocycles. The highest BCUT2D eigenvalue weighted by atomic mass is 32.2. The lowest BCUT2D eigenvalue weighted by molar-refractivity contribution is -0.115. The van der Waals surface area contributed by atoms with Crippen molar-refractivity contribution >= 4 is 39.9 Å². The number of hydrogen-bond acceptors (Lipinski definition) is 3. The number of aromatic amines is 1.